The fraction of sp³-hybridized carbons (Fsp3) is 0.360. The van der Waals surface area contributed by atoms with Crippen molar-refractivity contribution in [1.82, 2.24) is 0 Å². The van der Waals surface area contributed by atoms with Crippen molar-refractivity contribution >= 4 is 18.4 Å². The third-order valence-corrected chi connectivity index (χ3v) is 11.1. The average Bonchev–Trinajstić information content (AvgIpc) is 2.92. The fourth-order valence-corrected chi connectivity index (χ4v) is 9.19. The molecule has 2 unspecified atom stereocenters. The second-order valence-electron chi connectivity index (χ2n) is 7.97. The van der Waals surface area contributed by atoms with Gasteiger partial charge in [-0.15, -0.1) is 0 Å². The number of allylic oxidation sites excluding steroid dienone is 4. The first-order chi connectivity index (χ1) is 12.5. The summed E-state index contributed by atoms with van der Waals surface area (Å²) in [5, 5.41) is 4.74. The van der Waals surface area contributed by atoms with Crippen LogP contribution in [0, 0.1) is 5.92 Å². The molecule has 0 fully saturated rings. The molecule has 0 N–H and O–H groups in total. The van der Waals surface area contributed by atoms with Crippen molar-refractivity contribution < 1.29 is 0 Å². The molecule has 0 aromatic heterocycles. The molecule has 2 aromatic rings. The molecule has 26 heavy (non-hydrogen) atoms. The van der Waals surface area contributed by atoms with Crippen LogP contribution in [0.2, 0.25) is 6.55 Å². The van der Waals surface area contributed by atoms with Crippen molar-refractivity contribution in [3.05, 3.63) is 82.6 Å². The van der Waals surface area contributed by atoms with E-state index in [9.17, 15) is 0 Å². The van der Waals surface area contributed by atoms with Crippen LogP contribution in [0.3, 0.4) is 0 Å². The number of hydrogen-bond donors (Lipinski definition) is 0. The highest BCUT2D eigenvalue weighted by atomic mass is 28.3. The standard InChI is InChI=1S/C25H32Si/c1-6-7-11-22-14-16-24(17-15-22)26(5,23-12-9-8-10-13-23)25-20(3)18-19(2)21(25)4/h8-10,12-18,20H,6-7,11H2,1-5H3. The van der Waals surface area contributed by atoms with Crippen LogP contribution in [0.5, 0.6) is 0 Å². The summed E-state index contributed by atoms with van der Waals surface area (Å²) < 4.78 is 0. The van der Waals surface area contributed by atoms with Gasteiger partial charge in [-0.3, -0.25) is 0 Å². The van der Waals surface area contributed by atoms with Gasteiger partial charge in [-0.05, 0) is 48.5 Å². The fourth-order valence-electron chi connectivity index (χ4n) is 4.60. The number of rotatable bonds is 6. The maximum atomic E-state index is 2.55. The Balaban J connectivity index is 2.11. The molecule has 0 amide bonds. The van der Waals surface area contributed by atoms with E-state index >= 15 is 0 Å². The van der Waals surface area contributed by atoms with E-state index in [1.54, 1.807) is 5.20 Å². The Labute approximate surface area is 160 Å². The molecule has 3 rings (SSSR count). The largest absolute Gasteiger partial charge is 0.142 e. The summed E-state index contributed by atoms with van der Waals surface area (Å²) in [6, 6.07) is 20.8. The Bertz CT molecular complexity index is 811. The minimum Gasteiger partial charge on any atom is -0.0748 e. The van der Waals surface area contributed by atoms with Crippen molar-refractivity contribution in [2.45, 2.75) is 53.5 Å². The van der Waals surface area contributed by atoms with Crippen LogP contribution < -0.4 is 10.4 Å². The maximum absolute atomic E-state index is 2.55. The lowest BCUT2D eigenvalue weighted by atomic mass is 10.1. The normalized spacial score (nSPS) is 19.4. The lowest BCUT2D eigenvalue weighted by Crippen LogP contribution is -2.58. The molecule has 2 aromatic carbocycles. The van der Waals surface area contributed by atoms with E-state index in [1.165, 1.54) is 46.3 Å². The topological polar surface area (TPSA) is 0 Å². The van der Waals surface area contributed by atoms with Crippen LogP contribution in [-0.4, -0.2) is 8.07 Å². The predicted molar refractivity (Wildman–Crippen MR) is 118 cm³/mol. The van der Waals surface area contributed by atoms with E-state index in [4.69, 9.17) is 0 Å². The monoisotopic (exact) mass is 360 g/mol. The SMILES string of the molecule is CCCCc1ccc([Si](C)(C2=C(C)C(C)=CC2C)c2ccccc2)cc1. The molecule has 0 bridgehead atoms. The third-order valence-electron chi connectivity index (χ3n) is 6.19. The van der Waals surface area contributed by atoms with Crippen LogP contribution in [0.1, 0.15) is 46.1 Å². The molecule has 0 radical (unpaired) electrons. The van der Waals surface area contributed by atoms with Crippen LogP contribution in [0.4, 0.5) is 0 Å². The van der Waals surface area contributed by atoms with Gasteiger partial charge in [-0.1, -0.05) is 104 Å². The van der Waals surface area contributed by atoms with Gasteiger partial charge in [-0.25, -0.2) is 0 Å². The summed E-state index contributed by atoms with van der Waals surface area (Å²) in [5.41, 5.74) is 4.45. The van der Waals surface area contributed by atoms with E-state index in [1.807, 2.05) is 0 Å². The Morgan fingerprint density at radius 3 is 2.04 bits per heavy atom. The van der Waals surface area contributed by atoms with Gasteiger partial charge < -0.3 is 0 Å². The molecule has 2 atom stereocenters. The zero-order chi connectivity index (χ0) is 18.7. The molecule has 0 saturated heterocycles. The molecule has 1 aliphatic rings. The number of hydrogen-bond acceptors (Lipinski definition) is 0. The molecular weight excluding hydrogens is 328 g/mol. The van der Waals surface area contributed by atoms with Gasteiger partial charge in [0.25, 0.3) is 0 Å². The van der Waals surface area contributed by atoms with E-state index in [2.05, 4.69) is 94.9 Å². The van der Waals surface area contributed by atoms with Crippen LogP contribution in [0.25, 0.3) is 0 Å². The average molecular weight is 361 g/mol. The second kappa shape index (κ2) is 7.80. The zero-order valence-electron chi connectivity index (χ0n) is 17.0. The number of unbranched alkanes of at least 4 members (excludes halogenated alkanes) is 1. The highest BCUT2D eigenvalue weighted by Crippen LogP contribution is 2.36. The van der Waals surface area contributed by atoms with Crippen molar-refractivity contribution in [3.63, 3.8) is 0 Å². The first-order valence-corrected chi connectivity index (χ1v) is 12.5. The lowest BCUT2D eigenvalue weighted by molar-refractivity contribution is 0.795. The van der Waals surface area contributed by atoms with Gasteiger partial charge in [-0.2, -0.15) is 0 Å². The van der Waals surface area contributed by atoms with E-state index in [0.717, 1.165) is 0 Å². The summed E-state index contributed by atoms with van der Waals surface area (Å²) in [7, 11) is -1.96. The summed E-state index contributed by atoms with van der Waals surface area (Å²) in [6.07, 6.45) is 6.18. The minimum absolute atomic E-state index is 0.534. The zero-order valence-corrected chi connectivity index (χ0v) is 18.0. The van der Waals surface area contributed by atoms with Crippen molar-refractivity contribution in [2.75, 3.05) is 0 Å². The molecule has 0 nitrogen and oxygen atoms in total. The smallest absolute Gasteiger partial charge is 0.0748 e. The molecule has 136 valence electrons. The van der Waals surface area contributed by atoms with Gasteiger partial charge in [0, 0.05) is 0 Å². The molecule has 0 heterocycles. The van der Waals surface area contributed by atoms with Crippen molar-refractivity contribution in [3.8, 4) is 0 Å². The van der Waals surface area contributed by atoms with Crippen LogP contribution >= 0.6 is 0 Å². The number of aryl methyl sites for hydroxylation is 1. The van der Waals surface area contributed by atoms with Gasteiger partial charge >= 0.3 is 0 Å². The predicted octanol–water partition coefficient (Wildman–Crippen LogP) is 5.67. The highest BCUT2D eigenvalue weighted by Gasteiger charge is 2.40. The highest BCUT2D eigenvalue weighted by molar-refractivity contribution is 7.06. The minimum atomic E-state index is -1.96. The van der Waals surface area contributed by atoms with Gasteiger partial charge in [0.15, 0.2) is 0 Å². The molecule has 0 aliphatic heterocycles. The van der Waals surface area contributed by atoms with Crippen LogP contribution in [0.15, 0.2) is 77.0 Å². The summed E-state index contributed by atoms with van der Waals surface area (Å²) in [6.45, 7) is 11.8. The van der Waals surface area contributed by atoms with Gasteiger partial charge in [0.2, 0.25) is 0 Å². The second-order valence-corrected chi connectivity index (χ2v) is 11.9. The molecular formula is C25H32Si. The van der Waals surface area contributed by atoms with Crippen molar-refractivity contribution in [1.29, 1.82) is 0 Å². The van der Waals surface area contributed by atoms with Crippen LogP contribution in [-0.2, 0) is 6.42 Å². The summed E-state index contributed by atoms with van der Waals surface area (Å²) in [5.74, 6) is 0.534. The lowest BCUT2D eigenvalue weighted by Gasteiger charge is -2.34. The maximum Gasteiger partial charge on any atom is 0.142 e. The molecule has 0 spiro atoms. The molecule has 1 aliphatic carbocycles. The Morgan fingerprint density at radius 2 is 1.50 bits per heavy atom. The quantitative estimate of drug-likeness (QED) is 0.582. The van der Waals surface area contributed by atoms with Crippen molar-refractivity contribution in [2.24, 2.45) is 5.92 Å². The molecule has 1 heteroatoms. The van der Waals surface area contributed by atoms with E-state index in [0.29, 0.717) is 5.92 Å². The summed E-state index contributed by atoms with van der Waals surface area (Å²) in [4.78, 5) is 0. The first-order valence-electron chi connectivity index (χ1n) is 10.0. The van der Waals surface area contributed by atoms with E-state index in [-0.39, 0.29) is 0 Å². The Morgan fingerprint density at radius 1 is 0.885 bits per heavy atom. The Hall–Kier alpha value is -1.86. The summed E-state index contributed by atoms with van der Waals surface area (Å²) >= 11 is 0. The van der Waals surface area contributed by atoms with Gasteiger partial charge in [0.05, 0.1) is 0 Å². The van der Waals surface area contributed by atoms with E-state index < -0.39 is 8.07 Å². The number of benzene rings is 2. The first kappa shape index (κ1) is 18.9. The molecule has 0 saturated carbocycles. The Kier molecular flexibility index (Phi) is 5.67. The van der Waals surface area contributed by atoms with Gasteiger partial charge in [0.1, 0.15) is 8.07 Å². The third kappa shape index (κ3) is 3.37.